The van der Waals surface area contributed by atoms with Crippen LogP contribution >= 0.6 is 0 Å². The maximum Gasteiger partial charge on any atom is 0.332 e. The first kappa shape index (κ1) is 26.4. The molecule has 2 atom stereocenters. The Morgan fingerprint density at radius 1 is 1.02 bits per heavy atom. The Balaban J connectivity index is 1.49. The molecule has 4 aromatic rings. The molecule has 0 saturated carbocycles. The molecule has 1 aromatic heterocycles. The van der Waals surface area contributed by atoms with E-state index in [4.69, 9.17) is 9.47 Å². The van der Waals surface area contributed by atoms with Crippen LogP contribution in [0.5, 0.6) is 11.5 Å². The molecule has 2 aliphatic heterocycles. The number of para-hydroxylation sites is 1. The van der Waals surface area contributed by atoms with Crippen molar-refractivity contribution in [2.24, 2.45) is 0 Å². The lowest BCUT2D eigenvalue weighted by Crippen LogP contribution is -2.50. The first-order chi connectivity index (χ1) is 19.8. The Bertz CT molecular complexity index is 1680. The number of nitrogens with one attached hydrogen (secondary N) is 1. The summed E-state index contributed by atoms with van der Waals surface area (Å²) in [6.07, 6.45) is 0.865. The molecule has 10 heteroatoms. The molecule has 210 valence electrons. The SMILES string of the molecule is CCCOc1ccc(C2CN3C(=O)N(c4ccc([N+](=O)[O-])cc4)C(=O)[C@]3(C)c3[nH]c4ccccc4c32)cc1OCC. The van der Waals surface area contributed by atoms with E-state index in [-0.39, 0.29) is 23.8 Å². The highest BCUT2D eigenvalue weighted by Crippen LogP contribution is 2.51. The zero-order chi connectivity index (χ0) is 28.9. The Hall–Kier alpha value is -4.86. The summed E-state index contributed by atoms with van der Waals surface area (Å²) in [7, 11) is 0. The number of benzene rings is 3. The van der Waals surface area contributed by atoms with Gasteiger partial charge >= 0.3 is 6.03 Å². The number of ether oxygens (including phenoxy) is 2. The van der Waals surface area contributed by atoms with Gasteiger partial charge in [0.1, 0.15) is 0 Å². The van der Waals surface area contributed by atoms with Crippen molar-refractivity contribution in [2.75, 3.05) is 24.7 Å². The minimum atomic E-state index is -1.30. The van der Waals surface area contributed by atoms with Gasteiger partial charge in [-0.3, -0.25) is 14.9 Å². The molecule has 0 bridgehead atoms. The molecule has 0 aliphatic carbocycles. The standard InChI is InChI=1S/C31H30N4O6/c1-4-16-41-25-15-10-19(17-26(25)40-5-2)23-18-33-30(37)34(20-11-13-21(14-12-20)35(38)39)29(36)31(33,3)28-27(23)22-8-6-7-9-24(22)32-28/h6-15,17,23,32H,4-5,16,18H2,1-3H3/t23?,31-/m0/s1. The minimum Gasteiger partial charge on any atom is -0.490 e. The van der Waals surface area contributed by atoms with Crippen LogP contribution in [0, 0.1) is 10.1 Å². The van der Waals surface area contributed by atoms with Crippen molar-refractivity contribution in [1.82, 2.24) is 9.88 Å². The summed E-state index contributed by atoms with van der Waals surface area (Å²) < 4.78 is 11.9. The lowest BCUT2D eigenvalue weighted by molar-refractivity contribution is -0.384. The van der Waals surface area contributed by atoms with Crippen molar-refractivity contribution >= 4 is 34.2 Å². The predicted octanol–water partition coefficient (Wildman–Crippen LogP) is 6.09. The van der Waals surface area contributed by atoms with Crippen molar-refractivity contribution in [2.45, 2.75) is 38.6 Å². The first-order valence-corrected chi connectivity index (χ1v) is 13.7. The highest BCUT2D eigenvalue weighted by Gasteiger charge is 2.60. The molecule has 1 fully saturated rings. The Morgan fingerprint density at radius 2 is 1.78 bits per heavy atom. The summed E-state index contributed by atoms with van der Waals surface area (Å²) >= 11 is 0. The van der Waals surface area contributed by atoms with Gasteiger partial charge in [0, 0.05) is 35.5 Å². The van der Waals surface area contributed by atoms with Crippen LogP contribution in [-0.2, 0) is 10.3 Å². The smallest absolute Gasteiger partial charge is 0.332 e. The zero-order valence-corrected chi connectivity index (χ0v) is 23.0. The van der Waals surface area contributed by atoms with Gasteiger partial charge in [0.2, 0.25) is 0 Å². The van der Waals surface area contributed by atoms with Gasteiger partial charge in [0.15, 0.2) is 17.0 Å². The van der Waals surface area contributed by atoms with Gasteiger partial charge in [-0.1, -0.05) is 31.2 Å². The fourth-order valence-electron chi connectivity index (χ4n) is 5.98. The third-order valence-electron chi connectivity index (χ3n) is 7.98. The number of aromatic nitrogens is 1. The van der Waals surface area contributed by atoms with Crippen molar-refractivity contribution in [3.8, 4) is 11.5 Å². The molecule has 10 nitrogen and oxygen atoms in total. The van der Waals surface area contributed by atoms with Gasteiger partial charge in [-0.15, -0.1) is 0 Å². The van der Waals surface area contributed by atoms with Crippen molar-refractivity contribution in [3.05, 3.63) is 93.7 Å². The number of carbonyl (C=O) groups is 2. The summed E-state index contributed by atoms with van der Waals surface area (Å²) in [5, 5.41) is 12.2. The number of fused-ring (bicyclic) bond motifs is 5. The van der Waals surface area contributed by atoms with E-state index in [0.29, 0.717) is 30.4 Å². The second-order valence-electron chi connectivity index (χ2n) is 10.4. The minimum absolute atomic E-state index is 0.119. The number of nitro benzene ring substituents is 1. The lowest BCUT2D eigenvalue weighted by atomic mass is 9.78. The van der Waals surface area contributed by atoms with Crippen LogP contribution in [0.2, 0.25) is 0 Å². The number of carbonyl (C=O) groups excluding carboxylic acids is 2. The molecule has 0 radical (unpaired) electrons. The van der Waals surface area contributed by atoms with Gasteiger partial charge in [-0.05, 0) is 61.7 Å². The number of hydrogen-bond donors (Lipinski definition) is 1. The second-order valence-corrected chi connectivity index (χ2v) is 10.4. The summed E-state index contributed by atoms with van der Waals surface area (Å²) in [6, 6.07) is 18.7. The summed E-state index contributed by atoms with van der Waals surface area (Å²) in [5.41, 5.74) is 2.28. The fourth-order valence-corrected chi connectivity index (χ4v) is 5.98. The highest BCUT2D eigenvalue weighted by molar-refractivity contribution is 6.23. The first-order valence-electron chi connectivity index (χ1n) is 13.7. The van der Waals surface area contributed by atoms with Gasteiger partial charge in [0.25, 0.3) is 11.6 Å². The molecule has 3 heterocycles. The Morgan fingerprint density at radius 3 is 2.49 bits per heavy atom. The molecular weight excluding hydrogens is 524 g/mol. The molecule has 3 aromatic carbocycles. The monoisotopic (exact) mass is 554 g/mol. The molecule has 1 saturated heterocycles. The number of imide groups is 1. The topological polar surface area (TPSA) is 118 Å². The number of amides is 3. The molecule has 41 heavy (non-hydrogen) atoms. The summed E-state index contributed by atoms with van der Waals surface area (Å²) in [6.45, 7) is 7.01. The third kappa shape index (κ3) is 4.01. The Labute approximate surface area is 236 Å². The van der Waals surface area contributed by atoms with Crippen LogP contribution in [0.1, 0.15) is 49.9 Å². The van der Waals surface area contributed by atoms with E-state index >= 15 is 0 Å². The predicted molar refractivity (Wildman–Crippen MR) is 154 cm³/mol. The van der Waals surface area contributed by atoms with E-state index in [9.17, 15) is 19.7 Å². The lowest BCUT2D eigenvalue weighted by Gasteiger charge is -2.40. The number of urea groups is 1. The molecule has 6 rings (SSSR count). The number of hydrogen-bond acceptors (Lipinski definition) is 6. The Kier molecular flexibility index (Phi) is 6.40. The third-order valence-corrected chi connectivity index (χ3v) is 7.98. The molecule has 2 aliphatic rings. The van der Waals surface area contributed by atoms with E-state index < -0.39 is 22.4 Å². The van der Waals surface area contributed by atoms with Crippen molar-refractivity contribution in [3.63, 3.8) is 0 Å². The van der Waals surface area contributed by atoms with E-state index in [1.54, 1.807) is 11.8 Å². The van der Waals surface area contributed by atoms with E-state index in [0.717, 1.165) is 33.4 Å². The molecule has 1 N–H and O–H groups in total. The normalized spacial score (nSPS) is 19.8. The second kappa shape index (κ2) is 9.96. The van der Waals surface area contributed by atoms with Gasteiger partial charge < -0.3 is 19.4 Å². The van der Waals surface area contributed by atoms with Crippen LogP contribution in [0.25, 0.3) is 10.9 Å². The molecule has 0 spiro atoms. The van der Waals surface area contributed by atoms with Gasteiger partial charge in [-0.2, -0.15) is 0 Å². The quantitative estimate of drug-likeness (QED) is 0.160. The number of rotatable bonds is 8. The van der Waals surface area contributed by atoms with Crippen LogP contribution in [-0.4, -0.2) is 46.5 Å². The van der Waals surface area contributed by atoms with Crippen molar-refractivity contribution < 1.29 is 24.0 Å². The van der Waals surface area contributed by atoms with E-state index in [1.807, 2.05) is 56.3 Å². The van der Waals surface area contributed by atoms with Crippen LogP contribution < -0.4 is 14.4 Å². The number of non-ortho nitro benzene ring substituents is 1. The molecule has 3 amide bonds. The van der Waals surface area contributed by atoms with E-state index in [1.165, 1.54) is 24.3 Å². The van der Waals surface area contributed by atoms with Gasteiger partial charge in [-0.25, -0.2) is 9.69 Å². The highest BCUT2D eigenvalue weighted by atomic mass is 16.6. The molecular formula is C31H30N4O6. The number of aromatic amines is 1. The largest absolute Gasteiger partial charge is 0.490 e. The van der Waals surface area contributed by atoms with Gasteiger partial charge in [0.05, 0.1) is 29.5 Å². The van der Waals surface area contributed by atoms with Crippen LogP contribution in [0.15, 0.2) is 66.7 Å². The fraction of sp³-hybridized carbons (Fsp3) is 0.290. The maximum absolute atomic E-state index is 14.1. The number of nitrogens with zero attached hydrogens (tertiary/aromatic N) is 3. The average Bonchev–Trinajstić information content (AvgIpc) is 3.46. The average molecular weight is 555 g/mol. The summed E-state index contributed by atoms with van der Waals surface area (Å²) in [5.74, 6) is 0.613. The van der Waals surface area contributed by atoms with Crippen LogP contribution in [0.4, 0.5) is 16.2 Å². The van der Waals surface area contributed by atoms with Crippen LogP contribution in [0.3, 0.4) is 0 Å². The van der Waals surface area contributed by atoms with Crippen molar-refractivity contribution in [1.29, 1.82) is 0 Å². The zero-order valence-electron chi connectivity index (χ0n) is 23.0. The summed E-state index contributed by atoms with van der Waals surface area (Å²) in [4.78, 5) is 44.9. The number of nitro groups is 1. The molecule has 1 unspecified atom stereocenters. The number of anilines is 1. The van der Waals surface area contributed by atoms with E-state index in [2.05, 4.69) is 4.98 Å². The maximum atomic E-state index is 14.1. The number of H-pyrrole nitrogens is 1.